The van der Waals surface area contributed by atoms with E-state index >= 15 is 9.59 Å². The molecule has 3 N–H and O–H groups in total. The Kier molecular flexibility index (Phi) is 11.6. The van der Waals surface area contributed by atoms with Crippen LogP contribution in [0.25, 0.3) is 11.0 Å². The summed E-state index contributed by atoms with van der Waals surface area (Å²) in [5, 5.41) is 25.7. The highest BCUT2D eigenvalue weighted by Gasteiger charge is 2.75. The predicted molar refractivity (Wildman–Crippen MR) is 274 cm³/mol. The molecule has 0 amide bonds. The molecule has 7 fully saturated rings. The van der Waals surface area contributed by atoms with Crippen molar-refractivity contribution in [2.45, 2.75) is 206 Å². The van der Waals surface area contributed by atoms with Gasteiger partial charge in [-0.05, 0) is 152 Å². The molecule has 12 rings (SSSR count). The van der Waals surface area contributed by atoms with E-state index in [2.05, 4.69) is 86.5 Å². The third-order valence-electron chi connectivity index (χ3n) is 22.4. The summed E-state index contributed by atoms with van der Waals surface area (Å²) < 4.78 is 14.3. The van der Waals surface area contributed by atoms with Gasteiger partial charge in [-0.1, -0.05) is 96.8 Å². The maximum atomic E-state index is 15.2. The second-order valence-corrected chi connectivity index (χ2v) is 26.2. The summed E-state index contributed by atoms with van der Waals surface area (Å²) in [7, 11) is 0. The van der Waals surface area contributed by atoms with E-state index in [1.165, 1.54) is 72.9 Å². The largest absolute Gasteiger partial charge is 0.392 e. The average Bonchev–Trinajstić information content (AvgIpc) is 3.89. The zero-order valence-corrected chi connectivity index (χ0v) is 43.6. The third kappa shape index (κ3) is 7.02. The van der Waals surface area contributed by atoms with Crippen LogP contribution < -0.4 is 0 Å². The first-order valence-electron chi connectivity index (χ1n) is 28.2. The van der Waals surface area contributed by atoms with Crippen LogP contribution in [0.2, 0.25) is 0 Å². The zero-order valence-electron chi connectivity index (χ0n) is 43.6. The number of nitrogens with zero attached hydrogens (tertiary/aromatic N) is 1. The van der Waals surface area contributed by atoms with E-state index in [1.54, 1.807) is 0 Å². The van der Waals surface area contributed by atoms with E-state index in [1.807, 2.05) is 13.8 Å². The van der Waals surface area contributed by atoms with Gasteiger partial charge in [-0.15, -0.1) is 0 Å². The Morgan fingerprint density at radius 2 is 1.59 bits per heavy atom. The molecule has 70 heavy (non-hydrogen) atoms. The number of carbonyl (C=O) groups is 2. The van der Waals surface area contributed by atoms with Crippen molar-refractivity contribution in [3.63, 3.8) is 0 Å². The summed E-state index contributed by atoms with van der Waals surface area (Å²) in [5.41, 5.74) is 8.73. The van der Waals surface area contributed by atoms with Gasteiger partial charge in [0.1, 0.15) is 11.9 Å². The van der Waals surface area contributed by atoms with Crippen LogP contribution in [-0.4, -0.2) is 68.5 Å². The fraction of sp³-hybridized carbons (Fsp3) is 0.710. The topological polar surface area (TPSA) is 117 Å². The van der Waals surface area contributed by atoms with Gasteiger partial charge < -0.3 is 29.2 Å². The molecule has 376 valence electrons. The Balaban J connectivity index is 1.04. The van der Waals surface area contributed by atoms with E-state index < -0.39 is 33.9 Å². The minimum absolute atomic E-state index is 0.0895. The number of allylic oxidation sites excluding steroid dienone is 1. The Hall–Kier alpha value is -3.48. The molecule has 12 atom stereocenters. The van der Waals surface area contributed by atoms with E-state index in [9.17, 15) is 10.2 Å². The molecule has 8 nitrogen and oxygen atoms in total. The Morgan fingerprint density at radius 1 is 0.900 bits per heavy atom. The van der Waals surface area contributed by atoms with Crippen molar-refractivity contribution in [2.24, 2.45) is 57.2 Å². The SMILES string of the molecule is C[C@H](C[C@@H](O)[C@H]1OC1(C)C)C1=C2[C@@H]3Cn4c(c(Cc5cc(C6CCCCC6)cc(C6CCOCC6)c5)c5[nH]ccc54)CC#C[C@H]4CC(=O)[C@@](C)(C5CCCC5)[C@@H]5CC[C@@](C)([C@H]([C@@H]3O)[C@@]54C)[C@@]2(C)CC1=O. The molecular formula is C62H82N2O6. The fourth-order valence-electron chi connectivity index (χ4n) is 18.6. The molecule has 0 spiro atoms. The van der Waals surface area contributed by atoms with Crippen LogP contribution in [0.15, 0.2) is 41.6 Å². The first-order chi connectivity index (χ1) is 33.5. The summed E-state index contributed by atoms with van der Waals surface area (Å²) in [6, 6.07) is 9.79. The van der Waals surface area contributed by atoms with Crippen molar-refractivity contribution in [1.29, 1.82) is 0 Å². The van der Waals surface area contributed by atoms with E-state index in [-0.39, 0.29) is 47.1 Å². The van der Waals surface area contributed by atoms with Gasteiger partial charge in [0, 0.05) is 85.6 Å². The number of aliphatic hydroxyl groups is 2. The molecule has 0 radical (unpaired) electrons. The fourth-order valence-corrected chi connectivity index (χ4v) is 18.6. The minimum atomic E-state index is -0.769. The second-order valence-electron chi connectivity index (χ2n) is 26.2. The second kappa shape index (κ2) is 17.0. The molecule has 1 aromatic carbocycles. The number of aliphatic hydroxyl groups excluding tert-OH is 2. The summed E-state index contributed by atoms with van der Waals surface area (Å²) in [6.07, 6.45) is 17.8. The zero-order chi connectivity index (χ0) is 48.7. The van der Waals surface area contributed by atoms with Crippen molar-refractivity contribution >= 4 is 22.6 Å². The number of benzene rings is 1. The standard InChI is InChI=1S/C62H82N2O6/c1-36(28-48(65)57-58(2,3)70-57)52-49(66)34-60(5)53(52)45-35-64-46(19-13-18-43-33-51(67)61(6,42-16-11-12-17-42)50-20-24-59(60,4)56(55(45)68)62(43,50)7)44(54-47(64)21-25-63-54)31-37-29-40(38-14-9-8-10-15-38)32-41(30-37)39-22-26-69-27-23-39/h21,25,29-30,32,36,38-39,42-43,45,48,50,55-57,63,65,68H,8-12,14-17,19-20,22-24,26-28,31,33-35H2,1-7H3/t36-,43+,45+,48-,50+,55-,56+,57-,59+,60+,61+,62-/m1/s1. The van der Waals surface area contributed by atoms with Crippen LogP contribution in [0.3, 0.4) is 0 Å². The van der Waals surface area contributed by atoms with E-state index in [0.29, 0.717) is 55.8 Å². The van der Waals surface area contributed by atoms with E-state index in [4.69, 9.17) is 9.47 Å². The summed E-state index contributed by atoms with van der Waals surface area (Å²) >= 11 is 0. The smallest absolute Gasteiger partial charge is 0.160 e. The lowest BCUT2D eigenvalue weighted by Gasteiger charge is -2.71. The highest BCUT2D eigenvalue weighted by molar-refractivity contribution is 6.01. The summed E-state index contributed by atoms with van der Waals surface area (Å²) in [4.78, 5) is 34.1. The minimum Gasteiger partial charge on any atom is -0.392 e. The molecule has 6 aliphatic carbocycles. The van der Waals surface area contributed by atoms with Crippen LogP contribution in [0.5, 0.6) is 0 Å². The maximum absolute atomic E-state index is 15.2. The highest BCUT2D eigenvalue weighted by atomic mass is 16.6. The number of hydrogen-bond acceptors (Lipinski definition) is 6. The lowest BCUT2D eigenvalue weighted by Crippen LogP contribution is -2.70. The molecule has 8 heteroatoms. The average molecular weight is 951 g/mol. The lowest BCUT2D eigenvalue weighted by molar-refractivity contribution is -0.236. The Morgan fingerprint density at radius 3 is 2.29 bits per heavy atom. The maximum Gasteiger partial charge on any atom is 0.160 e. The number of Topliss-reactive ketones (excluding diaryl/α,β-unsaturated/α-hetero) is 2. The van der Waals surface area contributed by atoms with Gasteiger partial charge in [-0.3, -0.25) is 9.59 Å². The van der Waals surface area contributed by atoms with Crippen molar-refractivity contribution < 1.29 is 29.3 Å². The number of carbonyl (C=O) groups excluding carboxylic acids is 2. The van der Waals surface area contributed by atoms with Crippen LogP contribution >= 0.6 is 0 Å². The molecule has 2 bridgehead atoms. The summed E-state index contributed by atoms with van der Waals surface area (Å²) in [6.45, 7) is 17.9. The van der Waals surface area contributed by atoms with Crippen LogP contribution in [0.4, 0.5) is 0 Å². The Bertz CT molecular complexity index is 2640. The molecule has 3 aliphatic heterocycles. The number of H-pyrrole nitrogens is 1. The van der Waals surface area contributed by atoms with Crippen molar-refractivity contribution in [3.8, 4) is 11.8 Å². The van der Waals surface area contributed by atoms with Crippen molar-refractivity contribution in [3.05, 3.63) is 69.6 Å². The number of epoxide rings is 1. The number of hydrogen-bond donors (Lipinski definition) is 3. The lowest BCUT2D eigenvalue weighted by atomic mass is 9.32. The number of ether oxygens (including phenoxy) is 2. The van der Waals surface area contributed by atoms with Gasteiger partial charge in [0.25, 0.3) is 0 Å². The summed E-state index contributed by atoms with van der Waals surface area (Å²) in [5.74, 6) is 8.93. The van der Waals surface area contributed by atoms with Crippen LogP contribution in [0, 0.1) is 69.0 Å². The van der Waals surface area contributed by atoms with Crippen molar-refractivity contribution in [2.75, 3.05) is 13.2 Å². The first-order valence-corrected chi connectivity index (χ1v) is 28.2. The molecule has 2 saturated heterocycles. The van der Waals surface area contributed by atoms with Gasteiger partial charge in [-0.25, -0.2) is 0 Å². The highest BCUT2D eigenvalue weighted by Crippen LogP contribution is 2.77. The molecule has 9 aliphatic rings. The molecule has 3 aromatic rings. The van der Waals surface area contributed by atoms with Gasteiger partial charge >= 0.3 is 0 Å². The quantitative estimate of drug-likeness (QED) is 0.145. The van der Waals surface area contributed by atoms with Gasteiger partial charge in [0.05, 0.1) is 28.8 Å². The monoisotopic (exact) mass is 951 g/mol. The first kappa shape index (κ1) is 47.5. The Labute approximate surface area is 417 Å². The van der Waals surface area contributed by atoms with Crippen LogP contribution in [-0.2, 0) is 38.4 Å². The number of aromatic nitrogens is 2. The third-order valence-corrected chi connectivity index (χ3v) is 22.4. The molecule has 2 aromatic heterocycles. The predicted octanol–water partition coefficient (Wildman–Crippen LogP) is 11.7. The molecular weight excluding hydrogens is 869 g/mol. The van der Waals surface area contributed by atoms with Gasteiger partial charge in [-0.2, -0.15) is 0 Å². The van der Waals surface area contributed by atoms with Gasteiger partial charge in [0.2, 0.25) is 0 Å². The molecule has 5 saturated carbocycles. The number of aromatic amines is 1. The van der Waals surface area contributed by atoms with Crippen LogP contribution in [0.1, 0.15) is 191 Å². The number of fused-ring (bicyclic) bond motifs is 7. The number of nitrogens with one attached hydrogen (secondary N) is 1. The molecule has 5 heterocycles. The van der Waals surface area contributed by atoms with Gasteiger partial charge in [0.15, 0.2) is 5.78 Å². The number of ketones is 2. The number of rotatable bonds is 9. The normalized spacial score (nSPS) is 38.5. The van der Waals surface area contributed by atoms with Crippen molar-refractivity contribution in [1.82, 2.24) is 9.55 Å². The van der Waals surface area contributed by atoms with E-state index in [0.717, 1.165) is 80.3 Å². The molecule has 0 unspecified atom stereocenters.